The molecule has 0 amide bonds. The predicted molar refractivity (Wildman–Crippen MR) is 79.2 cm³/mol. The molecule has 1 aliphatic rings. The largest absolute Gasteiger partial charge is 0.421 e. The highest BCUT2D eigenvalue weighted by Gasteiger charge is 2.19. The molecule has 0 spiro atoms. The van der Waals surface area contributed by atoms with Crippen molar-refractivity contribution in [2.75, 3.05) is 0 Å². The van der Waals surface area contributed by atoms with Crippen LogP contribution in [0.15, 0.2) is 36.5 Å². The molecule has 0 aliphatic heterocycles. The molecule has 7 heteroatoms. The summed E-state index contributed by atoms with van der Waals surface area (Å²) in [6.07, 6.45) is 7.78. The van der Waals surface area contributed by atoms with E-state index in [1.807, 2.05) is 0 Å². The molecule has 0 radical (unpaired) electrons. The molecule has 0 atom stereocenters. The van der Waals surface area contributed by atoms with E-state index in [0.717, 1.165) is 36.1 Å². The van der Waals surface area contributed by atoms with Crippen LogP contribution < -0.4 is 4.74 Å². The number of ether oxygens (including phenoxy) is 1. The van der Waals surface area contributed by atoms with E-state index in [4.69, 9.17) is 4.74 Å². The number of rotatable bonds is 3. The lowest BCUT2D eigenvalue weighted by molar-refractivity contribution is 0.409. The van der Waals surface area contributed by atoms with Crippen molar-refractivity contribution in [2.24, 2.45) is 0 Å². The third-order valence-corrected chi connectivity index (χ3v) is 3.83. The number of halogens is 2. The Labute approximate surface area is 130 Å². The van der Waals surface area contributed by atoms with Crippen molar-refractivity contribution in [3.05, 3.63) is 53.9 Å². The molecule has 1 aromatic carbocycles. The van der Waals surface area contributed by atoms with Crippen LogP contribution in [0.3, 0.4) is 0 Å². The van der Waals surface area contributed by atoms with Gasteiger partial charge in [-0.25, -0.2) is 13.8 Å². The summed E-state index contributed by atoms with van der Waals surface area (Å²) in [4.78, 5) is 8.27. The first kappa shape index (κ1) is 13.8. The molecule has 2 heterocycles. The van der Waals surface area contributed by atoms with Crippen LogP contribution >= 0.6 is 0 Å². The Morgan fingerprint density at radius 1 is 1.17 bits per heavy atom. The van der Waals surface area contributed by atoms with Crippen LogP contribution in [0.25, 0.3) is 11.0 Å². The molecular weight excluding hydrogens is 302 g/mol. The van der Waals surface area contributed by atoms with Crippen molar-refractivity contribution in [3.8, 4) is 11.8 Å². The molecule has 3 aromatic rings. The second kappa shape index (κ2) is 5.42. The van der Waals surface area contributed by atoms with Crippen molar-refractivity contribution < 1.29 is 13.5 Å². The summed E-state index contributed by atoms with van der Waals surface area (Å²) in [5, 5.41) is 7.98. The summed E-state index contributed by atoms with van der Waals surface area (Å²) < 4.78 is 31.8. The molecule has 1 N–H and O–H groups in total. The second-order valence-corrected chi connectivity index (χ2v) is 5.34. The van der Waals surface area contributed by atoms with Crippen LogP contribution in [0.2, 0.25) is 0 Å². The summed E-state index contributed by atoms with van der Waals surface area (Å²) >= 11 is 0. The van der Waals surface area contributed by atoms with E-state index in [1.165, 1.54) is 6.07 Å². The lowest BCUT2D eigenvalue weighted by atomic mass is 10.0. The SMILES string of the molecule is Fc1ccc(Oc2ncc3c(C4CC=CC4)[nH]nc3n2)c(F)c1. The average molecular weight is 314 g/mol. The summed E-state index contributed by atoms with van der Waals surface area (Å²) in [6, 6.07) is 3.01. The maximum Gasteiger partial charge on any atom is 0.324 e. The normalized spacial score (nSPS) is 14.7. The maximum absolute atomic E-state index is 13.6. The van der Waals surface area contributed by atoms with E-state index in [1.54, 1.807) is 6.20 Å². The summed E-state index contributed by atoms with van der Waals surface area (Å²) in [6.45, 7) is 0. The number of H-pyrrole nitrogens is 1. The Balaban J connectivity index is 1.64. The van der Waals surface area contributed by atoms with E-state index in [9.17, 15) is 8.78 Å². The minimum atomic E-state index is -0.812. The van der Waals surface area contributed by atoms with Crippen molar-refractivity contribution in [1.29, 1.82) is 0 Å². The first-order valence-electron chi connectivity index (χ1n) is 7.19. The van der Waals surface area contributed by atoms with Gasteiger partial charge in [-0.2, -0.15) is 10.1 Å². The molecule has 0 saturated heterocycles. The molecule has 0 saturated carbocycles. The maximum atomic E-state index is 13.6. The summed E-state index contributed by atoms with van der Waals surface area (Å²) in [7, 11) is 0. The Kier molecular flexibility index (Phi) is 3.25. The van der Waals surface area contributed by atoms with E-state index in [-0.39, 0.29) is 11.8 Å². The van der Waals surface area contributed by atoms with Crippen LogP contribution in [0.5, 0.6) is 11.8 Å². The third-order valence-electron chi connectivity index (χ3n) is 3.83. The zero-order chi connectivity index (χ0) is 15.8. The molecule has 0 bridgehead atoms. The molecule has 5 nitrogen and oxygen atoms in total. The Morgan fingerprint density at radius 3 is 2.78 bits per heavy atom. The number of aromatic amines is 1. The fourth-order valence-corrected chi connectivity index (χ4v) is 2.68. The fourth-order valence-electron chi connectivity index (χ4n) is 2.68. The lowest BCUT2D eigenvalue weighted by Gasteiger charge is -2.07. The van der Waals surface area contributed by atoms with E-state index in [0.29, 0.717) is 11.6 Å². The zero-order valence-electron chi connectivity index (χ0n) is 12.0. The number of hydrogen-bond acceptors (Lipinski definition) is 4. The van der Waals surface area contributed by atoms with Crippen LogP contribution in [0.1, 0.15) is 24.5 Å². The standard InChI is InChI=1S/C16H12F2N4O/c17-10-5-6-13(12(18)7-10)23-16-19-8-11-14(9-3-1-2-4-9)21-22-15(11)20-16/h1-2,5-9H,3-4H2,(H,19,20,21,22). The van der Waals surface area contributed by atoms with Crippen LogP contribution in [-0.4, -0.2) is 20.2 Å². The predicted octanol–water partition coefficient (Wildman–Crippen LogP) is 3.86. The number of nitrogens with zero attached hydrogens (tertiary/aromatic N) is 3. The van der Waals surface area contributed by atoms with Gasteiger partial charge in [-0.05, 0) is 25.0 Å². The number of aromatic nitrogens is 4. The van der Waals surface area contributed by atoms with Gasteiger partial charge in [0.1, 0.15) is 5.82 Å². The quantitative estimate of drug-likeness (QED) is 0.746. The molecule has 4 rings (SSSR count). The summed E-state index contributed by atoms with van der Waals surface area (Å²) in [5.74, 6) is -1.27. The highest BCUT2D eigenvalue weighted by atomic mass is 19.1. The fraction of sp³-hybridized carbons (Fsp3) is 0.188. The lowest BCUT2D eigenvalue weighted by Crippen LogP contribution is -1.96. The van der Waals surface area contributed by atoms with Gasteiger partial charge in [0.25, 0.3) is 0 Å². The zero-order valence-corrected chi connectivity index (χ0v) is 12.0. The molecule has 0 fully saturated rings. The molecule has 23 heavy (non-hydrogen) atoms. The number of allylic oxidation sites excluding steroid dienone is 2. The van der Waals surface area contributed by atoms with Crippen LogP contribution in [0, 0.1) is 11.6 Å². The van der Waals surface area contributed by atoms with Gasteiger partial charge in [0.05, 0.1) is 5.39 Å². The van der Waals surface area contributed by atoms with Gasteiger partial charge >= 0.3 is 6.01 Å². The van der Waals surface area contributed by atoms with Gasteiger partial charge in [-0.15, -0.1) is 0 Å². The molecular formula is C16H12F2N4O. The Bertz CT molecular complexity index is 898. The number of nitrogens with one attached hydrogen (secondary N) is 1. The topological polar surface area (TPSA) is 63.7 Å². The number of hydrogen-bond donors (Lipinski definition) is 1. The molecule has 116 valence electrons. The average Bonchev–Trinajstić information content (AvgIpc) is 3.18. The highest BCUT2D eigenvalue weighted by molar-refractivity contribution is 5.77. The monoisotopic (exact) mass is 314 g/mol. The summed E-state index contributed by atoms with van der Waals surface area (Å²) in [5.41, 5.74) is 1.45. The van der Waals surface area contributed by atoms with E-state index < -0.39 is 11.6 Å². The van der Waals surface area contributed by atoms with Crippen LogP contribution in [0.4, 0.5) is 8.78 Å². The smallest absolute Gasteiger partial charge is 0.324 e. The van der Waals surface area contributed by atoms with Gasteiger partial charge in [-0.3, -0.25) is 5.10 Å². The van der Waals surface area contributed by atoms with Gasteiger partial charge in [0.15, 0.2) is 17.2 Å². The Hall–Kier alpha value is -2.83. The van der Waals surface area contributed by atoms with E-state index in [2.05, 4.69) is 32.3 Å². The molecule has 0 unspecified atom stereocenters. The third kappa shape index (κ3) is 2.54. The van der Waals surface area contributed by atoms with Gasteiger partial charge in [0.2, 0.25) is 0 Å². The van der Waals surface area contributed by atoms with Crippen LogP contribution in [-0.2, 0) is 0 Å². The minimum absolute atomic E-state index is 0.0365. The highest BCUT2D eigenvalue weighted by Crippen LogP contribution is 2.32. The van der Waals surface area contributed by atoms with Crippen molar-refractivity contribution in [1.82, 2.24) is 20.2 Å². The van der Waals surface area contributed by atoms with Crippen molar-refractivity contribution >= 4 is 11.0 Å². The molecule has 2 aromatic heterocycles. The Morgan fingerprint density at radius 2 is 2.00 bits per heavy atom. The van der Waals surface area contributed by atoms with Crippen molar-refractivity contribution in [2.45, 2.75) is 18.8 Å². The van der Waals surface area contributed by atoms with Gasteiger partial charge in [-0.1, -0.05) is 12.2 Å². The molecule has 1 aliphatic carbocycles. The number of benzene rings is 1. The minimum Gasteiger partial charge on any atom is -0.421 e. The first-order chi connectivity index (χ1) is 11.2. The first-order valence-corrected chi connectivity index (χ1v) is 7.19. The van der Waals surface area contributed by atoms with E-state index >= 15 is 0 Å². The van der Waals surface area contributed by atoms with Gasteiger partial charge < -0.3 is 4.74 Å². The second-order valence-electron chi connectivity index (χ2n) is 5.34. The van der Waals surface area contributed by atoms with Crippen molar-refractivity contribution in [3.63, 3.8) is 0 Å². The number of fused-ring (bicyclic) bond motifs is 1. The van der Waals surface area contributed by atoms with Gasteiger partial charge in [0, 0.05) is 23.9 Å².